The zero-order chi connectivity index (χ0) is 20.2. The van der Waals surface area contributed by atoms with E-state index in [1.54, 1.807) is 0 Å². The summed E-state index contributed by atoms with van der Waals surface area (Å²) in [4.78, 5) is 31.3. The van der Waals surface area contributed by atoms with Crippen molar-refractivity contribution < 1.29 is 13.2 Å². The van der Waals surface area contributed by atoms with Crippen LogP contribution in [0.4, 0.5) is 13.2 Å². The molecule has 3 heterocycles. The molecule has 2 aromatic heterocycles. The Kier molecular flexibility index (Phi) is 4.60. The summed E-state index contributed by atoms with van der Waals surface area (Å²) in [6, 6.07) is 1.01. The monoisotopic (exact) mass is 396 g/mol. The van der Waals surface area contributed by atoms with Crippen LogP contribution in [0.15, 0.2) is 15.7 Å². The maximum Gasteiger partial charge on any atom is 0.417 e. The van der Waals surface area contributed by atoms with Crippen molar-refractivity contribution in [3.8, 4) is 0 Å². The average molecular weight is 396 g/mol. The van der Waals surface area contributed by atoms with E-state index in [0.29, 0.717) is 10.3 Å². The van der Waals surface area contributed by atoms with E-state index >= 15 is 0 Å². The smallest absolute Gasteiger partial charge is 0.303 e. The van der Waals surface area contributed by atoms with Gasteiger partial charge in [-0.3, -0.25) is 13.9 Å². The fourth-order valence-electron chi connectivity index (χ4n) is 4.08. The molecule has 152 valence electrons. The summed E-state index contributed by atoms with van der Waals surface area (Å²) in [5, 5.41) is -0.549. The summed E-state index contributed by atoms with van der Waals surface area (Å²) in [5.41, 5.74) is -2.55. The summed E-state index contributed by atoms with van der Waals surface area (Å²) in [5.74, 6) is 0.665. The van der Waals surface area contributed by atoms with E-state index in [1.807, 2.05) is 0 Å². The van der Waals surface area contributed by atoms with E-state index in [4.69, 9.17) is 0 Å². The van der Waals surface area contributed by atoms with Gasteiger partial charge in [-0.1, -0.05) is 0 Å². The summed E-state index contributed by atoms with van der Waals surface area (Å²) in [6.07, 6.45) is -0.719. The molecule has 0 aromatic carbocycles. The Morgan fingerprint density at radius 2 is 1.71 bits per heavy atom. The molecule has 0 spiro atoms. The maximum absolute atomic E-state index is 13.7. The van der Waals surface area contributed by atoms with Gasteiger partial charge in [0.25, 0.3) is 5.56 Å². The first kappa shape index (κ1) is 19.2. The molecule has 4 rings (SSSR count). The van der Waals surface area contributed by atoms with E-state index < -0.39 is 28.4 Å². The lowest BCUT2D eigenvalue weighted by Gasteiger charge is -2.32. The minimum absolute atomic E-state index is 0.111. The number of fused-ring (bicyclic) bond motifs is 1. The van der Waals surface area contributed by atoms with E-state index in [1.165, 1.54) is 26.9 Å². The molecule has 1 saturated carbocycles. The van der Waals surface area contributed by atoms with Gasteiger partial charge in [0.15, 0.2) is 0 Å². The zero-order valence-corrected chi connectivity index (χ0v) is 15.9. The molecule has 0 unspecified atom stereocenters. The van der Waals surface area contributed by atoms with Crippen molar-refractivity contribution in [1.82, 2.24) is 19.0 Å². The van der Waals surface area contributed by atoms with Gasteiger partial charge in [0.2, 0.25) is 0 Å². The number of aromatic nitrogens is 3. The molecule has 1 saturated heterocycles. The number of hydrogen-bond donors (Lipinski definition) is 0. The number of likely N-dealkylation sites (tertiary alicyclic amines) is 1. The number of piperidine rings is 1. The fraction of sp³-hybridized carbons (Fsp3) is 0.632. The molecular weight excluding hydrogens is 373 g/mol. The number of hydrogen-bond acceptors (Lipinski definition) is 4. The Hall–Kier alpha value is -2.16. The molecule has 2 fully saturated rings. The van der Waals surface area contributed by atoms with Crippen molar-refractivity contribution in [2.45, 2.75) is 37.8 Å². The molecule has 0 radical (unpaired) electrons. The largest absolute Gasteiger partial charge is 0.417 e. The number of aryl methyl sites for hydroxylation is 1. The molecule has 2 aliphatic rings. The van der Waals surface area contributed by atoms with Crippen LogP contribution in [0, 0.1) is 5.92 Å². The van der Waals surface area contributed by atoms with Gasteiger partial charge in [0.05, 0.1) is 10.9 Å². The van der Waals surface area contributed by atoms with Gasteiger partial charge < -0.3 is 4.90 Å². The van der Waals surface area contributed by atoms with Crippen molar-refractivity contribution in [2.75, 3.05) is 19.6 Å². The topological polar surface area (TPSA) is 60.1 Å². The molecule has 2 aromatic rings. The normalized spacial score (nSPS) is 19.5. The van der Waals surface area contributed by atoms with Crippen molar-refractivity contribution >= 4 is 11.0 Å². The minimum atomic E-state index is -4.70. The van der Waals surface area contributed by atoms with Crippen LogP contribution < -0.4 is 11.2 Å². The third-order valence-corrected chi connectivity index (χ3v) is 5.95. The first-order chi connectivity index (χ1) is 13.2. The molecule has 0 bridgehead atoms. The Morgan fingerprint density at radius 3 is 2.29 bits per heavy atom. The number of nitrogens with zero attached hydrogens (tertiary/aromatic N) is 4. The number of pyridine rings is 1. The van der Waals surface area contributed by atoms with Crippen LogP contribution in [0.2, 0.25) is 0 Å². The minimum Gasteiger partial charge on any atom is -0.303 e. The quantitative estimate of drug-likeness (QED) is 0.799. The number of halogens is 3. The van der Waals surface area contributed by atoms with Crippen LogP contribution in [0.3, 0.4) is 0 Å². The maximum atomic E-state index is 13.7. The van der Waals surface area contributed by atoms with Crippen molar-refractivity contribution in [3.63, 3.8) is 0 Å². The highest BCUT2D eigenvalue weighted by Gasteiger charge is 2.37. The number of rotatable bonds is 3. The van der Waals surface area contributed by atoms with Crippen molar-refractivity contribution in [2.24, 2.45) is 20.0 Å². The number of alkyl halides is 3. The van der Waals surface area contributed by atoms with E-state index in [0.717, 1.165) is 49.0 Å². The van der Waals surface area contributed by atoms with Gasteiger partial charge in [-0.25, -0.2) is 9.78 Å². The van der Waals surface area contributed by atoms with Gasteiger partial charge in [0, 0.05) is 32.3 Å². The third-order valence-electron chi connectivity index (χ3n) is 5.95. The van der Waals surface area contributed by atoms with Gasteiger partial charge in [0.1, 0.15) is 5.65 Å². The predicted octanol–water partition coefficient (Wildman–Crippen LogP) is 2.24. The first-order valence-corrected chi connectivity index (χ1v) is 9.57. The van der Waals surface area contributed by atoms with Crippen LogP contribution in [0.25, 0.3) is 11.0 Å². The van der Waals surface area contributed by atoms with Crippen LogP contribution in [0.1, 0.15) is 42.9 Å². The Morgan fingerprint density at radius 1 is 1.07 bits per heavy atom. The Labute approximate surface area is 159 Å². The highest BCUT2D eigenvalue weighted by Crippen LogP contribution is 2.37. The SMILES string of the molecule is Cn1c(=O)c2c(C(F)(F)F)cc(C3CCN(CC4CC4)CC3)nc2n(C)c1=O. The highest BCUT2D eigenvalue weighted by molar-refractivity contribution is 5.79. The summed E-state index contributed by atoms with van der Waals surface area (Å²) < 4.78 is 43.0. The lowest BCUT2D eigenvalue weighted by Crippen LogP contribution is -2.39. The lowest BCUT2D eigenvalue weighted by atomic mass is 9.91. The second-order valence-electron chi connectivity index (χ2n) is 8.02. The van der Waals surface area contributed by atoms with E-state index in [2.05, 4.69) is 9.88 Å². The van der Waals surface area contributed by atoms with Gasteiger partial charge in [-0.2, -0.15) is 13.2 Å². The van der Waals surface area contributed by atoms with Crippen LogP contribution in [0.5, 0.6) is 0 Å². The molecule has 1 aliphatic heterocycles. The van der Waals surface area contributed by atoms with Crippen LogP contribution >= 0.6 is 0 Å². The summed E-state index contributed by atoms with van der Waals surface area (Å²) in [7, 11) is 2.52. The van der Waals surface area contributed by atoms with Crippen LogP contribution in [-0.4, -0.2) is 38.7 Å². The Bertz CT molecular complexity index is 1030. The predicted molar refractivity (Wildman–Crippen MR) is 98.4 cm³/mol. The zero-order valence-electron chi connectivity index (χ0n) is 15.9. The average Bonchev–Trinajstić information content (AvgIpc) is 3.47. The second kappa shape index (κ2) is 6.72. The van der Waals surface area contributed by atoms with Gasteiger partial charge in [-0.15, -0.1) is 0 Å². The standard InChI is InChI=1S/C19H23F3N4O2/c1-24-16-15(17(27)25(2)18(24)28)13(19(20,21)22)9-14(23-16)12-5-7-26(8-6-12)10-11-3-4-11/h9,11-12H,3-8,10H2,1-2H3. The fourth-order valence-corrected chi connectivity index (χ4v) is 4.08. The van der Waals surface area contributed by atoms with Crippen molar-refractivity contribution in [1.29, 1.82) is 0 Å². The molecule has 0 amide bonds. The molecular formula is C19H23F3N4O2. The second-order valence-corrected chi connectivity index (χ2v) is 8.02. The summed E-state index contributed by atoms with van der Waals surface area (Å²) >= 11 is 0. The third kappa shape index (κ3) is 3.36. The molecule has 0 atom stereocenters. The molecule has 0 N–H and O–H groups in total. The Balaban J connectivity index is 1.78. The molecule has 28 heavy (non-hydrogen) atoms. The van der Waals surface area contributed by atoms with Crippen LogP contribution in [-0.2, 0) is 20.3 Å². The molecule has 9 heteroatoms. The van der Waals surface area contributed by atoms with E-state index in [9.17, 15) is 22.8 Å². The molecule has 1 aliphatic carbocycles. The highest BCUT2D eigenvalue weighted by atomic mass is 19.4. The molecule has 6 nitrogen and oxygen atoms in total. The summed E-state index contributed by atoms with van der Waals surface area (Å²) in [6.45, 7) is 2.73. The van der Waals surface area contributed by atoms with Crippen molar-refractivity contribution in [3.05, 3.63) is 38.2 Å². The van der Waals surface area contributed by atoms with Gasteiger partial charge in [-0.05, 0) is 50.8 Å². The van der Waals surface area contributed by atoms with E-state index in [-0.39, 0.29) is 11.6 Å². The lowest BCUT2D eigenvalue weighted by molar-refractivity contribution is -0.136. The first-order valence-electron chi connectivity index (χ1n) is 9.57. The van der Waals surface area contributed by atoms with Gasteiger partial charge >= 0.3 is 11.9 Å².